The average molecular weight is 366 g/mol. The Labute approximate surface area is 157 Å². The summed E-state index contributed by atoms with van der Waals surface area (Å²) >= 11 is 0. The molecular formula is C18H22N8O. The number of aryl methyl sites for hydroxylation is 1. The number of hydrogen-bond acceptors (Lipinski definition) is 6. The monoisotopic (exact) mass is 366 g/mol. The zero-order valence-corrected chi connectivity index (χ0v) is 15.5. The first kappa shape index (κ1) is 17.3. The van der Waals surface area contributed by atoms with Crippen LogP contribution >= 0.6 is 0 Å². The van der Waals surface area contributed by atoms with E-state index in [-0.39, 0.29) is 11.8 Å². The molecule has 0 spiro atoms. The number of likely N-dealkylation sites (tertiary alicyclic amines) is 1. The molecule has 1 aliphatic heterocycles. The van der Waals surface area contributed by atoms with E-state index >= 15 is 0 Å². The van der Waals surface area contributed by atoms with Crippen molar-refractivity contribution in [3.05, 3.63) is 54.2 Å². The number of nitrogens with zero attached hydrogens (tertiary/aromatic N) is 8. The van der Waals surface area contributed by atoms with E-state index in [4.69, 9.17) is 0 Å². The van der Waals surface area contributed by atoms with Crippen LogP contribution in [0.2, 0.25) is 0 Å². The number of rotatable bonds is 4. The van der Waals surface area contributed by atoms with Gasteiger partial charge in [-0.2, -0.15) is 0 Å². The van der Waals surface area contributed by atoms with Gasteiger partial charge in [-0.3, -0.25) is 9.78 Å². The molecule has 0 radical (unpaired) electrons. The van der Waals surface area contributed by atoms with Crippen molar-refractivity contribution in [1.82, 2.24) is 39.2 Å². The highest BCUT2D eigenvalue weighted by atomic mass is 16.2. The first-order valence-corrected chi connectivity index (χ1v) is 9.03. The van der Waals surface area contributed by atoms with Crippen molar-refractivity contribution in [1.29, 1.82) is 0 Å². The maximum Gasteiger partial charge on any atom is 0.274 e. The maximum atomic E-state index is 12.8. The van der Waals surface area contributed by atoms with E-state index in [0.29, 0.717) is 18.8 Å². The van der Waals surface area contributed by atoms with Gasteiger partial charge in [-0.1, -0.05) is 0 Å². The highest BCUT2D eigenvalue weighted by Gasteiger charge is 2.29. The van der Waals surface area contributed by atoms with Crippen LogP contribution in [0.5, 0.6) is 0 Å². The Morgan fingerprint density at radius 3 is 2.89 bits per heavy atom. The molecule has 4 rings (SSSR count). The zero-order valence-electron chi connectivity index (χ0n) is 15.5. The van der Waals surface area contributed by atoms with Crippen molar-refractivity contribution in [2.45, 2.75) is 32.2 Å². The largest absolute Gasteiger partial charge is 0.337 e. The number of amides is 1. The number of aromatic nitrogens is 7. The van der Waals surface area contributed by atoms with Crippen LogP contribution < -0.4 is 0 Å². The van der Waals surface area contributed by atoms with Crippen molar-refractivity contribution in [3.8, 4) is 0 Å². The normalized spacial score (nSPS) is 17.3. The minimum Gasteiger partial charge on any atom is -0.337 e. The molecule has 1 saturated heterocycles. The van der Waals surface area contributed by atoms with Crippen LogP contribution in [-0.2, 0) is 13.6 Å². The van der Waals surface area contributed by atoms with Gasteiger partial charge in [0.05, 0.1) is 24.8 Å². The van der Waals surface area contributed by atoms with E-state index < -0.39 is 0 Å². The fraction of sp³-hybridized carbons (Fsp3) is 0.444. The molecule has 0 N–H and O–H groups in total. The Hall–Kier alpha value is -3.10. The van der Waals surface area contributed by atoms with E-state index in [1.165, 1.54) is 0 Å². The minimum atomic E-state index is -0.0759. The molecule has 9 nitrogen and oxygen atoms in total. The van der Waals surface area contributed by atoms with Crippen molar-refractivity contribution in [2.24, 2.45) is 7.05 Å². The Kier molecular flexibility index (Phi) is 4.66. The minimum absolute atomic E-state index is 0.0759. The van der Waals surface area contributed by atoms with Gasteiger partial charge in [-0.25, -0.2) is 9.97 Å². The molecule has 1 aliphatic rings. The molecule has 1 atom stereocenters. The summed E-state index contributed by atoms with van der Waals surface area (Å²) < 4.78 is 3.99. The third kappa shape index (κ3) is 3.57. The van der Waals surface area contributed by atoms with E-state index in [1.807, 2.05) is 34.2 Å². The molecule has 1 amide bonds. The number of imidazole rings is 1. The Balaban J connectivity index is 1.49. The molecule has 1 fully saturated rings. The summed E-state index contributed by atoms with van der Waals surface area (Å²) in [6.45, 7) is 3.82. The van der Waals surface area contributed by atoms with Gasteiger partial charge in [0.15, 0.2) is 5.82 Å². The highest BCUT2D eigenvalue weighted by Crippen LogP contribution is 2.26. The van der Waals surface area contributed by atoms with Gasteiger partial charge in [-0.15, -0.1) is 10.2 Å². The van der Waals surface area contributed by atoms with Gasteiger partial charge >= 0.3 is 0 Å². The molecule has 0 bridgehead atoms. The lowest BCUT2D eigenvalue weighted by Crippen LogP contribution is -2.40. The van der Waals surface area contributed by atoms with Crippen LogP contribution in [0.3, 0.4) is 0 Å². The summed E-state index contributed by atoms with van der Waals surface area (Å²) in [7, 11) is 1.98. The number of carbonyl (C=O) groups excluding carboxylic acids is 1. The van der Waals surface area contributed by atoms with Crippen LogP contribution in [0.4, 0.5) is 0 Å². The lowest BCUT2D eigenvalue weighted by molar-refractivity contribution is 0.0697. The lowest BCUT2D eigenvalue weighted by Gasteiger charge is -2.32. The second kappa shape index (κ2) is 7.26. The molecule has 0 unspecified atom stereocenters. The smallest absolute Gasteiger partial charge is 0.274 e. The standard InChI is InChI=1S/C18H22N8O/c1-13-8-21-15(9-20-13)18(27)26-6-3-4-14(10-26)17-23-22-16(24(17)2)11-25-7-5-19-12-25/h5,7-9,12,14H,3-4,6,10-11H2,1-2H3/t14-/m0/s1. The second-order valence-electron chi connectivity index (χ2n) is 6.90. The summed E-state index contributed by atoms with van der Waals surface area (Å²) in [4.78, 5) is 27.1. The Bertz CT molecular complexity index is 916. The highest BCUT2D eigenvalue weighted by molar-refractivity contribution is 5.92. The average Bonchev–Trinajstić information content (AvgIpc) is 3.33. The van der Waals surface area contributed by atoms with Crippen LogP contribution in [-0.4, -0.2) is 58.2 Å². The summed E-state index contributed by atoms with van der Waals surface area (Å²) in [5.74, 6) is 1.87. The van der Waals surface area contributed by atoms with Gasteiger partial charge in [0.2, 0.25) is 0 Å². The van der Waals surface area contributed by atoms with Gasteiger partial charge in [0, 0.05) is 44.6 Å². The van der Waals surface area contributed by atoms with Gasteiger partial charge < -0.3 is 14.0 Å². The summed E-state index contributed by atoms with van der Waals surface area (Å²) in [6, 6.07) is 0. The third-order valence-electron chi connectivity index (χ3n) is 4.96. The molecule has 140 valence electrons. The topological polar surface area (TPSA) is 94.6 Å². The van der Waals surface area contributed by atoms with Crippen molar-refractivity contribution in [3.63, 3.8) is 0 Å². The van der Waals surface area contributed by atoms with Crippen LogP contribution in [0.1, 0.15) is 46.6 Å². The second-order valence-corrected chi connectivity index (χ2v) is 6.90. The van der Waals surface area contributed by atoms with Crippen LogP contribution in [0, 0.1) is 6.92 Å². The van der Waals surface area contributed by atoms with E-state index in [1.54, 1.807) is 24.9 Å². The molecule has 27 heavy (non-hydrogen) atoms. The van der Waals surface area contributed by atoms with Crippen LogP contribution in [0.25, 0.3) is 0 Å². The molecule has 0 saturated carbocycles. The predicted octanol–water partition coefficient (Wildman–Crippen LogP) is 1.18. The third-order valence-corrected chi connectivity index (χ3v) is 4.96. The molecule has 4 heterocycles. The summed E-state index contributed by atoms with van der Waals surface area (Å²) in [6.07, 6.45) is 10.5. The summed E-state index contributed by atoms with van der Waals surface area (Å²) in [5, 5.41) is 8.75. The van der Waals surface area contributed by atoms with Crippen molar-refractivity contribution in [2.75, 3.05) is 13.1 Å². The van der Waals surface area contributed by atoms with Crippen LogP contribution in [0.15, 0.2) is 31.1 Å². The molecule has 0 aliphatic carbocycles. The molecular weight excluding hydrogens is 344 g/mol. The molecule has 0 aromatic carbocycles. The molecule has 3 aromatic heterocycles. The lowest BCUT2D eigenvalue weighted by atomic mass is 9.97. The maximum absolute atomic E-state index is 12.8. The SMILES string of the molecule is Cc1cnc(C(=O)N2CCC[C@H](c3nnc(Cn4ccnc4)n3C)C2)cn1. The fourth-order valence-electron chi connectivity index (χ4n) is 3.45. The van der Waals surface area contributed by atoms with E-state index in [2.05, 4.69) is 25.1 Å². The Morgan fingerprint density at radius 1 is 1.26 bits per heavy atom. The summed E-state index contributed by atoms with van der Waals surface area (Å²) in [5.41, 5.74) is 1.19. The van der Waals surface area contributed by atoms with Gasteiger partial charge in [-0.05, 0) is 19.8 Å². The van der Waals surface area contributed by atoms with E-state index in [0.717, 1.165) is 36.7 Å². The first-order valence-electron chi connectivity index (χ1n) is 9.03. The Morgan fingerprint density at radius 2 is 2.15 bits per heavy atom. The fourth-order valence-corrected chi connectivity index (χ4v) is 3.45. The predicted molar refractivity (Wildman–Crippen MR) is 97.0 cm³/mol. The number of hydrogen-bond donors (Lipinski definition) is 0. The molecule has 3 aromatic rings. The quantitative estimate of drug-likeness (QED) is 0.688. The van der Waals surface area contributed by atoms with Gasteiger partial charge in [0.25, 0.3) is 5.91 Å². The van der Waals surface area contributed by atoms with E-state index in [9.17, 15) is 4.79 Å². The number of piperidine rings is 1. The zero-order chi connectivity index (χ0) is 18.8. The van der Waals surface area contributed by atoms with Gasteiger partial charge in [0.1, 0.15) is 11.5 Å². The van der Waals surface area contributed by atoms with Crippen molar-refractivity contribution < 1.29 is 4.79 Å². The van der Waals surface area contributed by atoms with Crippen molar-refractivity contribution >= 4 is 5.91 Å². The molecule has 9 heteroatoms. The first-order chi connectivity index (χ1) is 13.1. The number of carbonyl (C=O) groups is 1.